The number of hydrogen-bond donors (Lipinski definition) is 1. The summed E-state index contributed by atoms with van der Waals surface area (Å²) in [6.45, 7) is 3.60. The van der Waals surface area contributed by atoms with Gasteiger partial charge in [-0.2, -0.15) is 0 Å². The van der Waals surface area contributed by atoms with Gasteiger partial charge in [-0.3, -0.25) is 4.79 Å². The van der Waals surface area contributed by atoms with Crippen LogP contribution in [0.1, 0.15) is 18.2 Å². The standard InChI is InChI=1S/C18H21N3O5/c1-12-4-9-16(17(20-12)21(23)24)26-13(2)18(22)19-11-10-14-5-7-15(25-3)8-6-14/h4-9,13H,10-11H2,1-3H3,(H,19,22)/t13-/m0/s1. The lowest BCUT2D eigenvalue weighted by Crippen LogP contribution is -2.37. The predicted octanol–water partition coefficient (Wildman–Crippen LogP) is 2.43. The first-order valence-corrected chi connectivity index (χ1v) is 8.10. The molecule has 0 unspecified atom stereocenters. The van der Waals surface area contributed by atoms with Gasteiger partial charge < -0.3 is 24.9 Å². The van der Waals surface area contributed by atoms with Crippen LogP contribution in [0.25, 0.3) is 0 Å². The molecule has 2 aromatic rings. The zero-order valence-corrected chi connectivity index (χ0v) is 14.9. The molecule has 1 aromatic heterocycles. The van der Waals surface area contributed by atoms with Gasteiger partial charge in [0.05, 0.1) is 7.11 Å². The molecule has 0 bridgehead atoms. The summed E-state index contributed by atoms with van der Waals surface area (Å²) in [4.78, 5) is 26.4. The molecule has 1 atom stereocenters. The first-order chi connectivity index (χ1) is 12.4. The smallest absolute Gasteiger partial charge is 0.406 e. The molecule has 0 aliphatic rings. The minimum Gasteiger partial charge on any atom is -0.497 e. The van der Waals surface area contributed by atoms with Crippen molar-refractivity contribution >= 4 is 11.7 Å². The molecule has 0 spiro atoms. The van der Waals surface area contributed by atoms with Crippen molar-refractivity contribution in [3.63, 3.8) is 0 Å². The van der Waals surface area contributed by atoms with Gasteiger partial charge >= 0.3 is 5.82 Å². The van der Waals surface area contributed by atoms with E-state index in [-0.39, 0.29) is 11.7 Å². The normalized spacial score (nSPS) is 11.5. The largest absolute Gasteiger partial charge is 0.497 e. The summed E-state index contributed by atoms with van der Waals surface area (Å²) in [5.41, 5.74) is 1.55. The number of hydrogen-bond acceptors (Lipinski definition) is 6. The van der Waals surface area contributed by atoms with Gasteiger partial charge in [-0.1, -0.05) is 12.1 Å². The number of carbonyl (C=O) groups is 1. The van der Waals surface area contributed by atoms with Gasteiger partial charge in [0.2, 0.25) is 5.75 Å². The molecule has 1 amide bonds. The molecule has 26 heavy (non-hydrogen) atoms. The fraction of sp³-hybridized carbons (Fsp3) is 0.333. The summed E-state index contributed by atoms with van der Waals surface area (Å²) in [5, 5.41) is 13.8. The van der Waals surface area contributed by atoms with Gasteiger partial charge in [-0.15, -0.1) is 0 Å². The zero-order valence-electron chi connectivity index (χ0n) is 14.9. The van der Waals surface area contributed by atoms with E-state index in [9.17, 15) is 14.9 Å². The molecule has 0 fully saturated rings. The van der Waals surface area contributed by atoms with Crippen molar-refractivity contribution in [2.45, 2.75) is 26.4 Å². The Kier molecular flexibility index (Phi) is 6.48. The third-order valence-corrected chi connectivity index (χ3v) is 3.70. The number of amides is 1. The second-order valence-electron chi connectivity index (χ2n) is 5.68. The predicted molar refractivity (Wildman–Crippen MR) is 95.4 cm³/mol. The fourth-order valence-corrected chi connectivity index (χ4v) is 2.26. The average Bonchev–Trinajstić information content (AvgIpc) is 2.63. The number of nitrogens with one attached hydrogen (secondary N) is 1. The van der Waals surface area contributed by atoms with Crippen molar-refractivity contribution in [1.29, 1.82) is 0 Å². The van der Waals surface area contributed by atoms with Gasteiger partial charge in [0.25, 0.3) is 5.91 Å². The highest BCUT2D eigenvalue weighted by molar-refractivity contribution is 5.80. The minimum absolute atomic E-state index is 0.0293. The maximum atomic E-state index is 12.1. The summed E-state index contributed by atoms with van der Waals surface area (Å²) in [6, 6.07) is 10.6. The van der Waals surface area contributed by atoms with E-state index in [1.165, 1.54) is 13.0 Å². The Morgan fingerprint density at radius 2 is 1.96 bits per heavy atom. The molecular weight excluding hydrogens is 338 g/mol. The van der Waals surface area contributed by atoms with E-state index >= 15 is 0 Å². The molecule has 8 nitrogen and oxygen atoms in total. The van der Waals surface area contributed by atoms with E-state index in [1.54, 1.807) is 20.1 Å². The maximum absolute atomic E-state index is 12.1. The third kappa shape index (κ3) is 5.17. The Hall–Kier alpha value is -3.16. The minimum atomic E-state index is -0.880. The van der Waals surface area contributed by atoms with Crippen LogP contribution < -0.4 is 14.8 Å². The number of rotatable bonds is 8. The molecule has 0 aliphatic carbocycles. The van der Waals surface area contributed by atoms with E-state index in [0.717, 1.165) is 11.3 Å². The van der Waals surface area contributed by atoms with E-state index in [2.05, 4.69) is 10.3 Å². The Balaban J connectivity index is 1.88. The highest BCUT2D eigenvalue weighted by Crippen LogP contribution is 2.25. The van der Waals surface area contributed by atoms with Crippen molar-refractivity contribution in [2.75, 3.05) is 13.7 Å². The molecule has 0 radical (unpaired) electrons. The first kappa shape index (κ1) is 19.2. The summed E-state index contributed by atoms with van der Waals surface area (Å²) in [5.74, 6) is -0.0113. The van der Waals surface area contributed by atoms with Crippen molar-refractivity contribution in [3.8, 4) is 11.5 Å². The number of pyridine rings is 1. The second kappa shape index (κ2) is 8.80. The molecule has 0 saturated carbocycles. The highest BCUT2D eigenvalue weighted by atomic mass is 16.6. The van der Waals surface area contributed by atoms with Crippen LogP contribution in [0.4, 0.5) is 5.82 Å². The van der Waals surface area contributed by atoms with E-state index < -0.39 is 16.8 Å². The molecular formula is C18H21N3O5. The molecule has 2 rings (SSSR count). The van der Waals surface area contributed by atoms with Crippen LogP contribution in [0, 0.1) is 17.0 Å². The zero-order chi connectivity index (χ0) is 19.1. The quantitative estimate of drug-likeness (QED) is 0.573. The average molecular weight is 359 g/mol. The number of carbonyl (C=O) groups excluding carboxylic acids is 1. The SMILES string of the molecule is COc1ccc(CCNC(=O)[C@H](C)Oc2ccc(C)nc2[N+](=O)[O-])cc1. The van der Waals surface area contributed by atoms with Crippen LogP contribution >= 0.6 is 0 Å². The number of ether oxygens (including phenoxy) is 2. The second-order valence-corrected chi connectivity index (χ2v) is 5.68. The van der Waals surface area contributed by atoms with Gasteiger partial charge in [-0.25, -0.2) is 0 Å². The lowest BCUT2D eigenvalue weighted by atomic mass is 10.1. The monoisotopic (exact) mass is 359 g/mol. The summed E-state index contributed by atoms with van der Waals surface area (Å²) in [6.07, 6.45) is -0.233. The number of nitro groups is 1. The van der Waals surface area contributed by atoms with Gasteiger partial charge in [-0.05, 0) is 53.1 Å². The number of methoxy groups -OCH3 is 1. The van der Waals surface area contributed by atoms with Gasteiger partial charge in [0.15, 0.2) is 6.10 Å². The summed E-state index contributed by atoms with van der Waals surface area (Å²) in [7, 11) is 1.60. The van der Waals surface area contributed by atoms with Crippen LogP contribution in [0.5, 0.6) is 11.5 Å². The number of aryl methyl sites for hydroxylation is 1. The lowest BCUT2D eigenvalue weighted by Gasteiger charge is -2.14. The van der Waals surface area contributed by atoms with Crippen LogP contribution in [-0.4, -0.2) is 35.6 Å². The van der Waals surface area contributed by atoms with Gasteiger partial charge in [0, 0.05) is 13.5 Å². The Bertz CT molecular complexity index is 777. The molecule has 138 valence electrons. The lowest BCUT2D eigenvalue weighted by molar-refractivity contribution is -0.390. The Morgan fingerprint density at radius 3 is 2.58 bits per heavy atom. The van der Waals surface area contributed by atoms with Crippen molar-refractivity contribution in [2.24, 2.45) is 0 Å². The molecule has 1 heterocycles. The first-order valence-electron chi connectivity index (χ1n) is 8.10. The van der Waals surface area contributed by atoms with Crippen molar-refractivity contribution in [3.05, 3.63) is 57.8 Å². The molecule has 8 heteroatoms. The number of aromatic nitrogens is 1. The highest BCUT2D eigenvalue weighted by Gasteiger charge is 2.22. The van der Waals surface area contributed by atoms with Crippen LogP contribution in [-0.2, 0) is 11.2 Å². The van der Waals surface area contributed by atoms with Crippen molar-refractivity contribution < 1.29 is 19.2 Å². The summed E-state index contributed by atoms with van der Waals surface area (Å²) >= 11 is 0. The fourth-order valence-electron chi connectivity index (χ4n) is 2.26. The third-order valence-electron chi connectivity index (χ3n) is 3.70. The van der Waals surface area contributed by atoms with E-state index in [1.807, 2.05) is 24.3 Å². The molecule has 0 saturated heterocycles. The summed E-state index contributed by atoms with van der Waals surface area (Å²) < 4.78 is 10.5. The Morgan fingerprint density at radius 1 is 1.27 bits per heavy atom. The van der Waals surface area contributed by atoms with Crippen LogP contribution in [0.15, 0.2) is 36.4 Å². The van der Waals surface area contributed by atoms with Crippen LogP contribution in [0.3, 0.4) is 0 Å². The van der Waals surface area contributed by atoms with E-state index in [4.69, 9.17) is 9.47 Å². The molecule has 1 aromatic carbocycles. The molecule has 0 aliphatic heterocycles. The van der Waals surface area contributed by atoms with Crippen LogP contribution in [0.2, 0.25) is 0 Å². The van der Waals surface area contributed by atoms with E-state index in [0.29, 0.717) is 18.7 Å². The molecule has 1 N–H and O–H groups in total. The topological polar surface area (TPSA) is 104 Å². The Labute approximate surface area is 151 Å². The van der Waals surface area contributed by atoms with Gasteiger partial charge in [0.1, 0.15) is 11.4 Å². The number of benzene rings is 1. The number of nitrogens with zero attached hydrogens (tertiary/aromatic N) is 2. The van der Waals surface area contributed by atoms with Crippen molar-refractivity contribution in [1.82, 2.24) is 10.3 Å². The maximum Gasteiger partial charge on any atom is 0.406 e.